The van der Waals surface area contributed by atoms with Gasteiger partial charge in [0.1, 0.15) is 5.69 Å². The van der Waals surface area contributed by atoms with Crippen molar-refractivity contribution in [3.8, 4) is 0 Å². The van der Waals surface area contributed by atoms with Crippen LogP contribution in [0.1, 0.15) is 41.9 Å². The standard InChI is InChI=1S/C13H20N4O/c1-9-7-11(16-13(14)15-9)12(18)17(2)8-10-5-3-4-6-10/h7,10H,3-6,8H2,1-2H3,(H2,14,15,16). The van der Waals surface area contributed by atoms with E-state index in [1.54, 1.807) is 11.0 Å². The highest BCUT2D eigenvalue weighted by atomic mass is 16.2. The molecule has 0 radical (unpaired) electrons. The maximum Gasteiger partial charge on any atom is 0.272 e. The van der Waals surface area contributed by atoms with E-state index in [9.17, 15) is 4.79 Å². The Labute approximate surface area is 107 Å². The number of hydrogen-bond donors (Lipinski definition) is 1. The van der Waals surface area contributed by atoms with Crippen LogP contribution in [0.15, 0.2) is 6.07 Å². The number of amides is 1. The lowest BCUT2D eigenvalue weighted by Crippen LogP contribution is -2.32. The molecule has 0 unspecified atom stereocenters. The zero-order chi connectivity index (χ0) is 13.1. The van der Waals surface area contributed by atoms with E-state index >= 15 is 0 Å². The minimum atomic E-state index is -0.0703. The van der Waals surface area contributed by atoms with Crippen LogP contribution in [0.2, 0.25) is 0 Å². The summed E-state index contributed by atoms with van der Waals surface area (Å²) in [7, 11) is 1.83. The predicted octanol–water partition coefficient (Wildman–Crippen LogP) is 1.63. The van der Waals surface area contributed by atoms with Crippen molar-refractivity contribution in [2.24, 2.45) is 5.92 Å². The molecule has 0 aliphatic heterocycles. The van der Waals surface area contributed by atoms with Gasteiger partial charge in [-0.1, -0.05) is 12.8 Å². The van der Waals surface area contributed by atoms with E-state index in [1.165, 1.54) is 25.7 Å². The number of nitrogen functional groups attached to an aromatic ring is 1. The van der Waals surface area contributed by atoms with Crippen molar-refractivity contribution < 1.29 is 4.79 Å². The first-order chi connectivity index (χ1) is 8.56. The molecule has 2 N–H and O–H groups in total. The van der Waals surface area contributed by atoms with Crippen LogP contribution >= 0.6 is 0 Å². The third-order valence-corrected chi connectivity index (χ3v) is 3.44. The molecule has 0 spiro atoms. The highest BCUT2D eigenvalue weighted by molar-refractivity contribution is 5.92. The molecular formula is C13H20N4O. The number of aryl methyl sites for hydroxylation is 1. The molecule has 5 nitrogen and oxygen atoms in total. The van der Waals surface area contributed by atoms with E-state index in [0.29, 0.717) is 11.6 Å². The summed E-state index contributed by atoms with van der Waals surface area (Å²) in [4.78, 5) is 21.9. The van der Waals surface area contributed by atoms with Crippen molar-refractivity contribution in [3.05, 3.63) is 17.5 Å². The molecule has 1 saturated carbocycles. The van der Waals surface area contributed by atoms with Crippen LogP contribution in [0.25, 0.3) is 0 Å². The van der Waals surface area contributed by atoms with Gasteiger partial charge in [0, 0.05) is 19.3 Å². The van der Waals surface area contributed by atoms with Crippen molar-refractivity contribution in [2.75, 3.05) is 19.3 Å². The molecule has 1 amide bonds. The smallest absolute Gasteiger partial charge is 0.272 e. The van der Waals surface area contributed by atoms with Crippen LogP contribution in [0.4, 0.5) is 5.95 Å². The summed E-state index contributed by atoms with van der Waals surface area (Å²) in [5.41, 5.74) is 6.68. The monoisotopic (exact) mass is 248 g/mol. The van der Waals surface area contributed by atoms with Gasteiger partial charge in [0.15, 0.2) is 0 Å². The SMILES string of the molecule is Cc1cc(C(=O)N(C)CC2CCCC2)nc(N)n1. The largest absolute Gasteiger partial charge is 0.368 e. The third kappa shape index (κ3) is 2.97. The van der Waals surface area contributed by atoms with Gasteiger partial charge in [-0.25, -0.2) is 9.97 Å². The fraction of sp³-hybridized carbons (Fsp3) is 0.615. The van der Waals surface area contributed by atoms with E-state index in [1.807, 2.05) is 14.0 Å². The Morgan fingerprint density at radius 3 is 2.72 bits per heavy atom. The molecule has 18 heavy (non-hydrogen) atoms. The maximum absolute atomic E-state index is 12.2. The van der Waals surface area contributed by atoms with E-state index in [2.05, 4.69) is 9.97 Å². The molecule has 1 heterocycles. The molecule has 0 saturated heterocycles. The van der Waals surface area contributed by atoms with Crippen molar-refractivity contribution >= 4 is 11.9 Å². The van der Waals surface area contributed by atoms with Gasteiger partial charge in [0.25, 0.3) is 5.91 Å². The number of aromatic nitrogens is 2. The van der Waals surface area contributed by atoms with Crippen molar-refractivity contribution in [1.82, 2.24) is 14.9 Å². The minimum Gasteiger partial charge on any atom is -0.368 e. The molecule has 5 heteroatoms. The molecule has 98 valence electrons. The summed E-state index contributed by atoms with van der Waals surface area (Å²) in [6.45, 7) is 2.62. The van der Waals surface area contributed by atoms with Crippen molar-refractivity contribution in [1.29, 1.82) is 0 Å². The first kappa shape index (κ1) is 12.8. The Morgan fingerprint density at radius 1 is 1.44 bits per heavy atom. The number of nitrogens with zero attached hydrogens (tertiary/aromatic N) is 3. The summed E-state index contributed by atoms with van der Waals surface area (Å²) < 4.78 is 0. The van der Waals surface area contributed by atoms with Crippen LogP contribution < -0.4 is 5.73 Å². The van der Waals surface area contributed by atoms with E-state index in [0.717, 1.165) is 12.2 Å². The average molecular weight is 248 g/mol. The van der Waals surface area contributed by atoms with E-state index < -0.39 is 0 Å². The molecule has 2 rings (SSSR count). The maximum atomic E-state index is 12.2. The molecule has 1 aromatic rings. The van der Waals surface area contributed by atoms with Crippen LogP contribution in [0.3, 0.4) is 0 Å². The van der Waals surface area contributed by atoms with Gasteiger partial charge in [0.2, 0.25) is 5.95 Å². The first-order valence-corrected chi connectivity index (χ1v) is 6.43. The second kappa shape index (κ2) is 5.33. The van der Waals surface area contributed by atoms with Gasteiger partial charge in [-0.3, -0.25) is 4.79 Å². The zero-order valence-corrected chi connectivity index (χ0v) is 11.0. The van der Waals surface area contributed by atoms with Crippen LogP contribution in [-0.4, -0.2) is 34.4 Å². The van der Waals surface area contributed by atoms with Crippen molar-refractivity contribution in [3.63, 3.8) is 0 Å². The molecule has 0 atom stereocenters. The molecule has 0 aromatic carbocycles. The fourth-order valence-electron chi connectivity index (χ4n) is 2.56. The number of anilines is 1. The molecule has 1 aliphatic rings. The molecule has 0 bridgehead atoms. The normalized spacial score (nSPS) is 15.9. The van der Waals surface area contributed by atoms with Gasteiger partial charge < -0.3 is 10.6 Å². The number of carbonyl (C=O) groups excluding carboxylic acids is 1. The second-order valence-corrected chi connectivity index (χ2v) is 5.09. The van der Waals surface area contributed by atoms with Crippen LogP contribution in [0.5, 0.6) is 0 Å². The first-order valence-electron chi connectivity index (χ1n) is 6.43. The lowest BCUT2D eigenvalue weighted by atomic mass is 10.1. The highest BCUT2D eigenvalue weighted by Gasteiger charge is 2.21. The molecule has 1 aromatic heterocycles. The van der Waals surface area contributed by atoms with E-state index in [4.69, 9.17) is 5.73 Å². The molecule has 1 aliphatic carbocycles. The van der Waals surface area contributed by atoms with Gasteiger partial charge in [-0.2, -0.15) is 0 Å². The Bertz CT molecular complexity index is 420. The minimum absolute atomic E-state index is 0.0703. The lowest BCUT2D eigenvalue weighted by molar-refractivity contribution is 0.0767. The average Bonchev–Trinajstić information content (AvgIpc) is 2.79. The fourth-order valence-corrected chi connectivity index (χ4v) is 2.56. The van der Waals surface area contributed by atoms with E-state index in [-0.39, 0.29) is 11.9 Å². The Balaban J connectivity index is 2.04. The molecule has 1 fully saturated rings. The molecular weight excluding hydrogens is 228 g/mol. The summed E-state index contributed by atoms with van der Waals surface area (Å²) in [6, 6.07) is 1.68. The predicted molar refractivity (Wildman–Crippen MR) is 70.1 cm³/mol. The van der Waals surface area contributed by atoms with Gasteiger partial charge in [-0.15, -0.1) is 0 Å². The van der Waals surface area contributed by atoms with Crippen LogP contribution in [0, 0.1) is 12.8 Å². The Hall–Kier alpha value is -1.65. The topological polar surface area (TPSA) is 72.1 Å². The number of carbonyl (C=O) groups is 1. The van der Waals surface area contributed by atoms with Gasteiger partial charge in [0.05, 0.1) is 0 Å². The summed E-state index contributed by atoms with van der Waals surface area (Å²) >= 11 is 0. The second-order valence-electron chi connectivity index (χ2n) is 5.09. The summed E-state index contributed by atoms with van der Waals surface area (Å²) in [5.74, 6) is 0.728. The van der Waals surface area contributed by atoms with Crippen molar-refractivity contribution in [2.45, 2.75) is 32.6 Å². The van der Waals surface area contributed by atoms with Crippen LogP contribution in [-0.2, 0) is 0 Å². The third-order valence-electron chi connectivity index (χ3n) is 3.44. The Kier molecular flexibility index (Phi) is 3.79. The zero-order valence-electron chi connectivity index (χ0n) is 11.0. The Morgan fingerprint density at radius 2 is 2.11 bits per heavy atom. The highest BCUT2D eigenvalue weighted by Crippen LogP contribution is 2.25. The number of nitrogens with two attached hydrogens (primary N) is 1. The lowest BCUT2D eigenvalue weighted by Gasteiger charge is -2.20. The number of rotatable bonds is 3. The van der Waals surface area contributed by atoms with Gasteiger partial charge >= 0.3 is 0 Å². The summed E-state index contributed by atoms with van der Waals surface area (Å²) in [5, 5.41) is 0. The van der Waals surface area contributed by atoms with Gasteiger partial charge in [-0.05, 0) is 31.7 Å². The number of hydrogen-bond acceptors (Lipinski definition) is 4. The summed E-state index contributed by atoms with van der Waals surface area (Å²) in [6.07, 6.45) is 5.02. The quantitative estimate of drug-likeness (QED) is 0.882.